The molecule has 6 heteroatoms. The molecule has 0 bridgehead atoms. The monoisotopic (exact) mass is 364 g/mol. The van der Waals surface area contributed by atoms with Crippen LogP contribution in [0.1, 0.15) is 52.9 Å². The van der Waals surface area contributed by atoms with Gasteiger partial charge in [-0.25, -0.2) is 4.79 Å². The fraction of sp³-hybridized carbons (Fsp3) is 0.900. The molecule has 3 fully saturated rings. The van der Waals surface area contributed by atoms with Crippen LogP contribution in [0, 0.1) is 11.3 Å². The molecular formula is C20H36N4O2. The van der Waals surface area contributed by atoms with Gasteiger partial charge in [0.05, 0.1) is 5.41 Å². The normalized spacial score (nSPS) is 29.8. The Labute approximate surface area is 158 Å². The number of rotatable bonds is 4. The predicted octanol–water partition coefficient (Wildman–Crippen LogP) is 2.15. The molecule has 0 aromatic rings. The molecule has 3 rings (SSSR count). The number of carbonyl (C=O) groups excluding carboxylic acids is 2. The van der Waals surface area contributed by atoms with Crippen LogP contribution in [-0.4, -0.2) is 78.5 Å². The molecular weight excluding hydrogens is 328 g/mol. The van der Waals surface area contributed by atoms with Gasteiger partial charge in [-0.3, -0.25) is 9.69 Å². The summed E-state index contributed by atoms with van der Waals surface area (Å²) >= 11 is 0. The highest BCUT2D eigenvalue weighted by Gasteiger charge is 2.54. The van der Waals surface area contributed by atoms with Crippen LogP contribution in [0.4, 0.5) is 4.79 Å². The van der Waals surface area contributed by atoms with Crippen LogP contribution in [0.25, 0.3) is 0 Å². The molecule has 3 heterocycles. The molecule has 3 aliphatic heterocycles. The number of nitrogens with one attached hydrogen (secondary N) is 1. The molecule has 0 aliphatic carbocycles. The summed E-state index contributed by atoms with van der Waals surface area (Å²) in [6.07, 6.45) is 4.92. The smallest absolute Gasteiger partial charge is 0.317 e. The molecule has 26 heavy (non-hydrogen) atoms. The third kappa shape index (κ3) is 3.71. The van der Waals surface area contributed by atoms with Crippen LogP contribution < -0.4 is 5.32 Å². The van der Waals surface area contributed by atoms with E-state index in [4.69, 9.17) is 0 Å². The summed E-state index contributed by atoms with van der Waals surface area (Å²) in [5, 5.41) is 3.05. The van der Waals surface area contributed by atoms with Crippen molar-refractivity contribution in [1.82, 2.24) is 20.0 Å². The van der Waals surface area contributed by atoms with Gasteiger partial charge in [0.2, 0.25) is 5.91 Å². The van der Waals surface area contributed by atoms with Crippen molar-refractivity contribution < 1.29 is 9.59 Å². The lowest BCUT2D eigenvalue weighted by Gasteiger charge is -2.38. The first-order chi connectivity index (χ1) is 12.5. The standard InChI is InChI=1S/C20H36N4O2/c1-4-22-13-8-20(18(25)23-10-5-6-11-23)9-14-24(12-7-17(20)22)19(26)21-15-16(2)3/h16-17H,4-15H2,1-3H3,(H,21,26)/t17-,20-/m1/s1. The number of likely N-dealkylation sites (tertiary alicyclic amines) is 3. The van der Waals surface area contributed by atoms with Crippen LogP contribution in [0.15, 0.2) is 0 Å². The molecule has 3 aliphatic rings. The number of fused-ring (bicyclic) bond motifs is 1. The lowest BCUT2D eigenvalue weighted by Crippen LogP contribution is -2.50. The lowest BCUT2D eigenvalue weighted by molar-refractivity contribution is -0.143. The van der Waals surface area contributed by atoms with Crippen molar-refractivity contribution in [2.24, 2.45) is 11.3 Å². The van der Waals surface area contributed by atoms with Crippen LogP contribution in [0.5, 0.6) is 0 Å². The largest absolute Gasteiger partial charge is 0.342 e. The maximum Gasteiger partial charge on any atom is 0.317 e. The molecule has 1 N–H and O–H groups in total. The van der Waals surface area contributed by atoms with E-state index in [-0.39, 0.29) is 17.5 Å². The minimum Gasteiger partial charge on any atom is -0.342 e. The predicted molar refractivity (Wildman–Crippen MR) is 103 cm³/mol. The van der Waals surface area contributed by atoms with Gasteiger partial charge >= 0.3 is 6.03 Å². The Balaban J connectivity index is 1.74. The maximum absolute atomic E-state index is 13.5. The number of urea groups is 1. The first kappa shape index (κ1) is 19.5. The highest BCUT2D eigenvalue weighted by molar-refractivity contribution is 5.84. The number of hydrogen-bond acceptors (Lipinski definition) is 3. The molecule has 0 unspecified atom stereocenters. The number of carbonyl (C=O) groups is 2. The van der Waals surface area contributed by atoms with E-state index in [0.29, 0.717) is 24.9 Å². The molecule has 6 nitrogen and oxygen atoms in total. The van der Waals surface area contributed by atoms with Gasteiger partial charge in [0, 0.05) is 38.8 Å². The Morgan fingerprint density at radius 2 is 1.73 bits per heavy atom. The number of hydrogen-bond donors (Lipinski definition) is 1. The Bertz CT molecular complexity index is 518. The van der Waals surface area contributed by atoms with Crippen LogP contribution >= 0.6 is 0 Å². The Morgan fingerprint density at radius 1 is 1.04 bits per heavy atom. The minimum atomic E-state index is -0.284. The highest BCUT2D eigenvalue weighted by atomic mass is 16.2. The van der Waals surface area contributed by atoms with E-state index < -0.39 is 0 Å². The molecule has 3 amide bonds. The van der Waals surface area contributed by atoms with Crippen molar-refractivity contribution in [3.8, 4) is 0 Å². The second kappa shape index (κ2) is 8.15. The van der Waals surface area contributed by atoms with Crippen molar-refractivity contribution in [2.75, 3.05) is 45.8 Å². The lowest BCUT2D eigenvalue weighted by atomic mass is 9.75. The van der Waals surface area contributed by atoms with Gasteiger partial charge in [-0.1, -0.05) is 20.8 Å². The average Bonchev–Trinajstić information content (AvgIpc) is 3.24. The highest BCUT2D eigenvalue weighted by Crippen LogP contribution is 2.45. The van der Waals surface area contributed by atoms with Gasteiger partial charge in [0.1, 0.15) is 0 Å². The first-order valence-corrected chi connectivity index (χ1v) is 10.5. The van der Waals surface area contributed by atoms with Crippen molar-refractivity contribution in [1.29, 1.82) is 0 Å². The number of amides is 3. The summed E-state index contributed by atoms with van der Waals surface area (Å²) in [6.45, 7) is 12.4. The summed E-state index contributed by atoms with van der Waals surface area (Å²) < 4.78 is 0. The summed E-state index contributed by atoms with van der Waals surface area (Å²) in [4.78, 5) is 32.6. The van der Waals surface area contributed by atoms with Crippen LogP contribution in [-0.2, 0) is 4.79 Å². The Kier molecular flexibility index (Phi) is 6.10. The van der Waals surface area contributed by atoms with Crippen LogP contribution in [0.2, 0.25) is 0 Å². The Morgan fingerprint density at radius 3 is 2.38 bits per heavy atom. The zero-order valence-corrected chi connectivity index (χ0v) is 16.8. The second-order valence-corrected chi connectivity index (χ2v) is 8.66. The average molecular weight is 365 g/mol. The van der Waals surface area contributed by atoms with Crippen molar-refractivity contribution in [3.05, 3.63) is 0 Å². The maximum atomic E-state index is 13.5. The zero-order chi connectivity index (χ0) is 18.7. The van der Waals surface area contributed by atoms with E-state index in [1.165, 1.54) is 0 Å². The Hall–Kier alpha value is -1.30. The van der Waals surface area contributed by atoms with E-state index in [0.717, 1.165) is 64.8 Å². The van der Waals surface area contributed by atoms with Gasteiger partial charge in [-0.15, -0.1) is 0 Å². The minimum absolute atomic E-state index is 0.0329. The molecule has 0 aromatic heterocycles. The summed E-state index contributed by atoms with van der Waals surface area (Å²) in [7, 11) is 0. The quantitative estimate of drug-likeness (QED) is 0.832. The second-order valence-electron chi connectivity index (χ2n) is 8.66. The number of nitrogens with zero attached hydrogens (tertiary/aromatic N) is 3. The summed E-state index contributed by atoms with van der Waals surface area (Å²) in [6, 6.07) is 0.314. The van der Waals surface area contributed by atoms with Gasteiger partial charge in [0.15, 0.2) is 0 Å². The molecule has 2 atom stereocenters. The topological polar surface area (TPSA) is 55.9 Å². The SMILES string of the molecule is CCN1CC[C@@]2(C(=O)N3CCCC3)CCN(C(=O)NCC(C)C)CC[C@@H]12. The van der Waals surface area contributed by atoms with E-state index in [2.05, 4.69) is 35.9 Å². The molecule has 0 spiro atoms. The third-order valence-electron chi connectivity index (χ3n) is 6.60. The fourth-order valence-corrected chi connectivity index (χ4v) is 5.07. The van der Waals surface area contributed by atoms with Gasteiger partial charge < -0.3 is 15.1 Å². The molecule has 148 valence electrons. The van der Waals surface area contributed by atoms with Crippen LogP contribution in [0.3, 0.4) is 0 Å². The van der Waals surface area contributed by atoms with E-state index in [1.807, 2.05) is 4.90 Å². The van der Waals surface area contributed by atoms with Gasteiger partial charge in [-0.2, -0.15) is 0 Å². The molecule has 0 aromatic carbocycles. The fourth-order valence-electron chi connectivity index (χ4n) is 5.07. The van der Waals surface area contributed by atoms with Crippen molar-refractivity contribution in [2.45, 2.75) is 58.9 Å². The molecule has 0 saturated carbocycles. The summed E-state index contributed by atoms with van der Waals surface area (Å²) in [5.41, 5.74) is -0.284. The zero-order valence-electron chi connectivity index (χ0n) is 16.8. The van der Waals surface area contributed by atoms with E-state index in [9.17, 15) is 9.59 Å². The van der Waals surface area contributed by atoms with Crippen molar-refractivity contribution >= 4 is 11.9 Å². The summed E-state index contributed by atoms with van der Waals surface area (Å²) in [5.74, 6) is 0.810. The van der Waals surface area contributed by atoms with Gasteiger partial charge in [0.25, 0.3) is 0 Å². The first-order valence-electron chi connectivity index (χ1n) is 10.5. The van der Waals surface area contributed by atoms with Gasteiger partial charge in [-0.05, 0) is 51.1 Å². The molecule has 3 saturated heterocycles. The van der Waals surface area contributed by atoms with Crippen molar-refractivity contribution in [3.63, 3.8) is 0 Å². The van der Waals surface area contributed by atoms with E-state index >= 15 is 0 Å². The molecule has 0 radical (unpaired) electrons. The third-order valence-corrected chi connectivity index (χ3v) is 6.60. The van der Waals surface area contributed by atoms with E-state index in [1.54, 1.807) is 0 Å².